The third-order valence-corrected chi connectivity index (χ3v) is 3.63. The molecule has 1 atom stereocenters. The van der Waals surface area contributed by atoms with Gasteiger partial charge >= 0.3 is 18.1 Å². The molecule has 0 bridgehead atoms. The predicted molar refractivity (Wildman–Crippen MR) is 108 cm³/mol. The fourth-order valence-electron chi connectivity index (χ4n) is 2.19. The summed E-state index contributed by atoms with van der Waals surface area (Å²) < 4.78 is 15.0. The molecule has 2 rings (SSSR count). The van der Waals surface area contributed by atoms with E-state index in [0.717, 1.165) is 12.8 Å². The number of nitrogens with one attached hydrogen (secondary N) is 2. The SMILES string of the molecule is CCCCNC(=O)n1c(NC(=O)OC)nc2ccccc21.COC(C)OC(C)=O.[Hg]. The van der Waals surface area contributed by atoms with E-state index in [1.165, 1.54) is 25.7 Å². The van der Waals surface area contributed by atoms with Crippen molar-refractivity contribution in [1.82, 2.24) is 14.9 Å². The monoisotopic (exact) mass is 610 g/mol. The molecule has 1 heterocycles. The third kappa shape index (κ3) is 9.08. The van der Waals surface area contributed by atoms with E-state index < -0.39 is 12.4 Å². The van der Waals surface area contributed by atoms with Gasteiger partial charge in [0.1, 0.15) is 0 Å². The Morgan fingerprint density at radius 1 is 1.20 bits per heavy atom. The number of para-hydroxylation sites is 2. The molecule has 0 fully saturated rings. The molecule has 30 heavy (non-hydrogen) atoms. The molecule has 2 amide bonds. The molecule has 0 aliphatic carbocycles. The average molecular weight is 609 g/mol. The maximum absolute atomic E-state index is 12.3. The van der Waals surface area contributed by atoms with Crippen LogP contribution >= 0.6 is 0 Å². The van der Waals surface area contributed by atoms with Gasteiger partial charge in [0.15, 0.2) is 6.29 Å². The minimum atomic E-state index is -0.673. The predicted octanol–water partition coefficient (Wildman–Crippen LogP) is 3.11. The van der Waals surface area contributed by atoms with Crippen LogP contribution in [0.5, 0.6) is 0 Å². The number of anilines is 1. The van der Waals surface area contributed by atoms with Crippen LogP contribution < -0.4 is 10.6 Å². The average Bonchev–Trinajstić information content (AvgIpc) is 3.05. The van der Waals surface area contributed by atoms with Crippen molar-refractivity contribution >= 4 is 35.1 Å². The Labute approximate surface area is 196 Å². The summed E-state index contributed by atoms with van der Waals surface area (Å²) in [4.78, 5) is 38.0. The number of esters is 1. The maximum atomic E-state index is 12.3. The van der Waals surface area contributed by atoms with Crippen molar-refractivity contribution in [2.24, 2.45) is 0 Å². The summed E-state index contributed by atoms with van der Waals surface area (Å²) in [6, 6.07) is 6.83. The van der Waals surface area contributed by atoms with Crippen molar-refractivity contribution in [3.8, 4) is 0 Å². The van der Waals surface area contributed by atoms with Gasteiger partial charge < -0.3 is 19.5 Å². The number of hydrogen-bond donors (Lipinski definition) is 2. The Hall–Kier alpha value is -2.20. The molecule has 0 aliphatic rings. The minimum Gasteiger partial charge on any atom is -0.453 e. The molecular weight excluding hydrogens is 581 g/mol. The van der Waals surface area contributed by atoms with Crippen molar-refractivity contribution in [3.05, 3.63) is 24.3 Å². The van der Waals surface area contributed by atoms with E-state index in [2.05, 4.69) is 29.8 Å². The maximum Gasteiger partial charge on any atom is 0.413 e. The van der Waals surface area contributed by atoms with Crippen LogP contribution in [0.4, 0.5) is 15.5 Å². The summed E-state index contributed by atoms with van der Waals surface area (Å²) in [6.45, 7) is 5.61. The molecule has 11 heteroatoms. The fourth-order valence-corrected chi connectivity index (χ4v) is 2.19. The molecule has 1 aromatic heterocycles. The van der Waals surface area contributed by atoms with Crippen molar-refractivity contribution < 1.29 is 56.3 Å². The number of fused-ring (bicyclic) bond motifs is 1. The first-order valence-corrected chi connectivity index (χ1v) is 9.14. The number of ether oxygens (including phenoxy) is 3. The molecule has 0 saturated carbocycles. The summed E-state index contributed by atoms with van der Waals surface area (Å²) in [5, 5.41) is 5.25. The van der Waals surface area contributed by atoms with Crippen LogP contribution in [0.1, 0.15) is 33.6 Å². The number of carbonyl (C=O) groups excluding carboxylic acids is 3. The number of rotatable bonds is 6. The van der Waals surface area contributed by atoms with E-state index >= 15 is 0 Å². The number of nitrogens with zero attached hydrogens (tertiary/aromatic N) is 2. The van der Waals surface area contributed by atoms with E-state index in [1.54, 1.807) is 19.1 Å². The van der Waals surface area contributed by atoms with Gasteiger partial charge in [-0.25, -0.2) is 19.1 Å². The Morgan fingerprint density at radius 2 is 1.87 bits per heavy atom. The van der Waals surface area contributed by atoms with Crippen LogP contribution in [0.3, 0.4) is 0 Å². The Kier molecular flexibility index (Phi) is 13.6. The van der Waals surface area contributed by atoms with Gasteiger partial charge in [0, 0.05) is 48.2 Å². The van der Waals surface area contributed by atoms with Crippen LogP contribution in [0, 0.1) is 0 Å². The first-order valence-electron chi connectivity index (χ1n) is 9.14. The van der Waals surface area contributed by atoms with Gasteiger partial charge in [-0.05, 0) is 25.5 Å². The zero-order chi connectivity index (χ0) is 21.8. The summed E-state index contributed by atoms with van der Waals surface area (Å²) >= 11 is 0. The van der Waals surface area contributed by atoms with E-state index in [-0.39, 0.29) is 45.6 Å². The van der Waals surface area contributed by atoms with Gasteiger partial charge in [0.05, 0.1) is 18.1 Å². The molecule has 10 nitrogen and oxygen atoms in total. The van der Waals surface area contributed by atoms with Gasteiger partial charge in [-0.15, -0.1) is 0 Å². The van der Waals surface area contributed by atoms with E-state index in [9.17, 15) is 14.4 Å². The van der Waals surface area contributed by atoms with Crippen LogP contribution in [-0.2, 0) is 46.7 Å². The normalized spacial score (nSPS) is 10.7. The second-order valence-electron chi connectivity index (χ2n) is 5.87. The number of unbranched alkanes of at least 4 members (excludes halogenated alkanes) is 1. The van der Waals surface area contributed by atoms with Gasteiger partial charge in [-0.3, -0.25) is 10.1 Å². The van der Waals surface area contributed by atoms with Gasteiger partial charge in [-0.2, -0.15) is 0 Å². The summed E-state index contributed by atoms with van der Waals surface area (Å²) in [6.07, 6.45) is 0.775. The first kappa shape index (κ1) is 27.8. The number of imidazole rings is 1. The molecule has 162 valence electrons. The molecular formula is C19H28HgN4O6. The quantitative estimate of drug-likeness (QED) is 0.224. The van der Waals surface area contributed by atoms with E-state index in [1.807, 2.05) is 19.1 Å². The van der Waals surface area contributed by atoms with Crippen molar-refractivity contribution in [3.63, 3.8) is 0 Å². The number of methoxy groups -OCH3 is 2. The first-order chi connectivity index (χ1) is 13.8. The summed E-state index contributed by atoms with van der Waals surface area (Å²) in [7, 11) is 2.73. The van der Waals surface area contributed by atoms with Crippen LogP contribution in [-0.4, -0.2) is 54.7 Å². The topological polar surface area (TPSA) is 121 Å². The van der Waals surface area contributed by atoms with E-state index in [4.69, 9.17) is 0 Å². The summed E-state index contributed by atoms with van der Waals surface area (Å²) in [5.74, 6) is -0.184. The molecule has 0 radical (unpaired) electrons. The van der Waals surface area contributed by atoms with Crippen molar-refractivity contribution in [2.75, 3.05) is 26.1 Å². The zero-order valence-electron chi connectivity index (χ0n) is 18.1. The second-order valence-corrected chi connectivity index (χ2v) is 5.87. The largest absolute Gasteiger partial charge is 0.453 e. The Morgan fingerprint density at radius 3 is 2.40 bits per heavy atom. The van der Waals surface area contributed by atoms with Crippen LogP contribution in [0.25, 0.3) is 11.0 Å². The summed E-state index contributed by atoms with van der Waals surface area (Å²) in [5.41, 5.74) is 1.24. The van der Waals surface area contributed by atoms with E-state index in [0.29, 0.717) is 17.6 Å². The number of benzene rings is 1. The van der Waals surface area contributed by atoms with Crippen LogP contribution in [0.15, 0.2) is 24.3 Å². The minimum absolute atomic E-state index is 0. The number of carbonyl (C=O) groups is 3. The molecule has 0 spiro atoms. The van der Waals surface area contributed by atoms with Gasteiger partial charge in [0.25, 0.3) is 0 Å². The Bertz CT molecular complexity index is 826. The molecule has 1 aromatic carbocycles. The van der Waals surface area contributed by atoms with Crippen molar-refractivity contribution in [2.45, 2.75) is 39.9 Å². The molecule has 0 aliphatic heterocycles. The van der Waals surface area contributed by atoms with Gasteiger partial charge in [-0.1, -0.05) is 25.5 Å². The second kappa shape index (κ2) is 14.7. The third-order valence-electron chi connectivity index (χ3n) is 3.63. The number of amides is 2. The molecule has 2 N–H and O–H groups in total. The zero-order valence-corrected chi connectivity index (χ0v) is 23.6. The van der Waals surface area contributed by atoms with Crippen molar-refractivity contribution in [1.29, 1.82) is 0 Å². The number of aromatic nitrogens is 2. The number of hydrogen-bond acceptors (Lipinski definition) is 7. The fraction of sp³-hybridized carbons (Fsp3) is 0.474. The van der Waals surface area contributed by atoms with Crippen LogP contribution in [0.2, 0.25) is 0 Å². The molecule has 1 unspecified atom stereocenters. The standard InChI is InChI=1S/C14H18N4O3.C5H10O3.Hg/c1-3-4-9-15-13(19)18-11-8-6-5-7-10(11)16-12(18)17-14(20)21-2;1-4(6)8-5(2)7-3;/h5-8H,3-4,9H2,1-2H3,(H,15,19)(H,16,17,20);5H,1-3H3;. The Balaban J connectivity index is 0.000000801. The smallest absolute Gasteiger partial charge is 0.413 e. The molecule has 0 saturated heterocycles. The van der Waals surface area contributed by atoms with Gasteiger partial charge in [0.2, 0.25) is 5.95 Å². The molecule has 2 aromatic rings.